The summed E-state index contributed by atoms with van der Waals surface area (Å²) in [5, 5.41) is 11.6. The SMILES string of the molecule is CC(C)(O)CNC1(C(F)(F)F)CC1. The van der Waals surface area contributed by atoms with Crippen LogP contribution in [0.3, 0.4) is 0 Å². The van der Waals surface area contributed by atoms with Crippen molar-refractivity contribution in [2.45, 2.75) is 44.0 Å². The van der Waals surface area contributed by atoms with Crippen molar-refractivity contribution >= 4 is 0 Å². The molecule has 78 valence electrons. The maximum atomic E-state index is 12.3. The summed E-state index contributed by atoms with van der Waals surface area (Å²) in [5.41, 5.74) is -2.81. The van der Waals surface area contributed by atoms with E-state index in [1.807, 2.05) is 0 Å². The fourth-order valence-electron chi connectivity index (χ4n) is 1.07. The second-order valence-corrected chi connectivity index (χ2v) is 4.25. The Morgan fingerprint density at radius 1 is 1.31 bits per heavy atom. The Morgan fingerprint density at radius 2 is 1.77 bits per heavy atom. The van der Waals surface area contributed by atoms with Gasteiger partial charge < -0.3 is 10.4 Å². The van der Waals surface area contributed by atoms with Gasteiger partial charge in [0.1, 0.15) is 5.54 Å². The van der Waals surface area contributed by atoms with E-state index in [1.165, 1.54) is 13.8 Å². The zero-order chi connectivity index (χ0) is 10.3. The van der Waals surface area contributed by atoms with E-state index in [4.69, 9.17) is 0 Å². The van der Waals surface area contributed by atoms with Gasteiger partial charge in [-0.3, -0.25) is 0 Å². The molecule has 0 heterocycles. The van der Waals surface area contributed by atoms with Crippen LogP contribution in [0.25, 0.3) is 0 Å². The largest absolute Gasteiger partial charge is 0.406 e. The molecule has 5 heteroatoms. The van der Waals surface area contributed by atoms with Crippen molar-refractivity contribution < 1.29 is 18.3 Å². The molecule has 2 N–H and O–H groups in total. The predicted octanol–water partition coefficient (Wildman–Crippen LogP) is 1.44. The number of hydrogen-bond acceptors (Lipinski definition) is 2. The van der Waals surface area contributed by atoms with Crippen LogP contribution in [-0.4, -0.2) is 29.0 Å². The van der Waals surface area contributed by atoms with E-state index in [2.05, 4.69) is 5.32 Å². The van der Waals surface area contributed by atoms with E-state index < -0.39 is 17.3 Å². The van der Waals surface area contributed by atoms with Crippen molar-refractivity contribution in [1.29, 1.82) is 0 Å². The zero-order valence-electron chi connectivity index (χ0n) is 7.70. The minimum absolute atomic E-state index is 0.0352. The third-order valence-electron chi connectivity index (χ3n) is 2.15. The maximum Gasteiger partial charge on any atom is 0.406 e. The normalized spacial score (nSPS) is 21.7. The molecule has 0 saturated heterocycles. The molecule has 0 amide bonds. The van der Waals surface area contributed by atoms with Crippen LogP contribution in [0.5, 0.6) is 0 Å². The van der Waals surface area contributed by atoms with Crippen LogP contribution in [0.4, 0.5) is 13.2 Å². The first-order valence-electron chi connectivity index (χ1n) is 4.20. The Bertz CT molecular complexity index is 191. The van der Waals surface area contributed by atoms with Gasteiger partial charge in [-0.1, -0.05) is 0 Å². The topological polar surface area (TPSA) is 32.3 Å². The summed E-state index contributed by atoms with van der Waals surface area (Å²) in [5.74, 6) is 0. The van der Waals surface area contributed by atoms with Crippen molar-refractivity contribution in [3.63, 3.8) is 0 Å². The molecule has 0 bridgehead atoms. The van der Waals surface area contributed by atoms with Crippen LogP contribution >= 0.6 is 0 Å². The van der Waals surface area contributed by atoms with Gasteiger partial charge in [-0.25, -0.2) is 0 Å². The lowest BCUT2D eigenvalue weighted by Crippen LogP contribution is -2.49. The van der Waals surface area contributed by atoms with Gasteiger partial charge in [0.15, 0.2) is 0 Å². The van der Waals surface area contributed by atoms with Crippen LogP contribution in [0, 0.1) is 0 Å². The van der Waals surface area contributed by atoms with Crippen molar-refractivity contribution in [2.24, 2.45) is 0 Å². The van der Waals surface area contributed by atoms with E-state index in [-0.39, 0.29) is 19.4 Å². The molecule has 1 saturated carbocycles. The lowest BCUT2D eigenvalue weighted by atomic mass is 10.1. The third-order valence-corrected chi connectivity index (χ3v) is 2.15. The van der Waals surface area contributed by atoms with E-state index in [0.717, 1.165) is 0 Å². The molecule has 13 heavy (non-hydrogen) atoms. The van der Waals surface area contributed by atoms with Gasteiger partial charge in [0.05, 0.1) is 5.60 Å². The number of alkyl halides is 3. The Hall–Kier alpha value is -0.290. The molecule has 1 rings (SSSR count). The molecule has 0 spiro atoms. The van der Waals surface area contributed by atoms with Crippen LogP contribution in [0.15, 0.2) is 0 Å². The Balaban J connectivity index is 2.46. The summed E-state index contributed by atoms with van der Waals surface area (Å²) in [7, 11) is 0. The first-order valence-corrected chi connectivity index (χ1v) is 4.20. The molecular formula is C8H14F3NO. The quantitative estimate of drug-likeness (QED) is 0.717. The summed E-state index contributed by atoms with van der Waals surface area (Å²) >= 11 is 0. The molecule has 0 atom stereocenters. The fourth-order valence-corrected chi connectivity index (χ4v) is 1.07. The van der Waals surface area contributed by atoms with Crippen molar-refractivity contribution in [3.8, 4) is 0 Å². The van der Waals surface area contributed by atoms with Gasteiger partial charge in [0, 0.05) is 6.54 Å². The van der Waals surface area contributed by atoms with Crippen LogP contribution in [0.2, 0.25) is 0 Å². The molecule has 0 aliphatic heterocycles. The molecule has 0 aromatic heterocycles. The molecule has 2 nitrogen and oxygen atoms in total. The van der Waals surface area contributed by atoms with Crippen molar-refractivity contribution in [2.75, 3.05) is 6.54 Å². The second kappa shape index (κ2) is 2.85. The van der Waals surface area contributed by atoms with Gasteiger partial charge >= 0.3 is 6.18 Å². The average Bonchev–Trinajstić information content (AvgIpc) is 2.58. The summed E-state index contributed by atoms with van der Waals surface area (Å²) in [4.78, 5) is 0. The monoisotopic (exact) mass is 197 g/mol. The maximum absolute atomic E-state index is 12.3. The fraction of sp³-hybridized carbons (Fsp3) is 1.00. The van der Waals surface area contributed by atoms with Gasteiger partial charge in [-0.15, -0.1) is 0 Å². The highest BCUT2D eigenvalue weighted by Crippen LogP contribution is 2.48. The molecule has 1 aliphatic carbocycles. The highest BCUT2D eigenvalue weighted by Gasteiger charge is 2.63. The predicted molar refractivity (Wildman–Crippen MR) is 42.3 cm³/mol. The minimum atomic E-state index is -4.20. The molecule has 0 radical (unpaired) electrons. The third kappa shape index (κ3) is 2.57. The lowest BCUT2D eigenvalue weighted by molar-refractivity contribution is -0.167. The highest BCUT2D eigenvalue weighted by atomic mass is 19.4. The average molecular weight is 197 g/mol. The van der Waals surface area contributed by atoms with E-state index in [1.54, 1.807) is 0 Å². The lowest BCUT2D eigenvalue weighted by Gasteiger charge is -2.25. The molecule has 0 aromatic carbocycles. The zero-order valence-corrected chi connectivity index (χ0v) is 7.70. The van der Waals surface area contributed by atoms with E-state index in [0.29, 0.717) is 0 Å². The van der Waals surface area contributed by atoms with E-state index >= 15 is 0 Å². The van der Waals surface area contributed by atoms with Crippen LogP contribution in [-0.2, 0) is 0 Å². The molecule has 0 aromatic rings. The minimum Gasteiger partial charge on any atom is -0.389 e. The summed E-state index contributed by atoms with van der Waals surface area (Å²) < 4.78 is 37.0. The number of β-amino-alcohol motifs (C(OH)–C–C–N with tert-alkyl or cyclic N) is 1. The van der Waals surface area contributed by atoms with Gasteiger partial charge in [0.2, 0.25) is 0 Å². The second-order valence-electron chi connectivity index (χ2n) is 4.25. The number of rotatable bonds is 3. The number of halogens is 3. The summed E-state index contributed by atoms with van der Waals surface area (Å²) in [6, 6.07) is 0. The Labute approximate surface area is 75.1 Å². The molecule has 1 aliphatic rings. The van der Waals surface area contributed by atoms with E-state index in [9.17, 15) is 18.3 Å². The first-order chi connectivity index (χ1) is 5.66. The molecular weight excluding hydrogens is 183 g/mol. The smallest absolute Gasteiger partial charge is 0.389 e. The number of aliphatic hydroxyl groups is 1. The van der Waals surface area contributed by atoms with Crippen molar-refractivity contribution in [1.82, 2.24) is 5.32 Å². The molecule has 1 fully saturated rings. The van der Waals surface area contributed by atoms with Gasteiger partial charge in [-0.2, -0.15) is 13.2 Å². The number of hydrogen-bond donors (Lipinski definition) is 2. The summed E-state index contributed by atoms with van der Waals surface area (Å²) in [6.07, 6.45) is -3.96. The Kier molecular flexibility index (Phi) is 2.37. The molecule has 0 unspecified atom stereocenters. The summed E-state index contributed by atoms with van der Waals surface area (Å²) in [6.45, 7) is 2.92. The number of nitrogens with one attached hydrogen (secondary N) is 1. The van der Waals surface area contributed by atoms with Gasteiger partial charge in [-0.05, 0) is 26.7 Å². The Morgan fingerprint density at radius 3 is 2.00 bits per heavy atom. The van der Waals surface area contributed by atoms with Crippen molar-refractivity contribution in [3.05, 3.63) is 0 Å². The van der Waals surface area contributed by atoms with Crippen LogP contribution in [0.1, 0.15) is 26.7 Å². The first kappa shape index (κ1) is 10.8. The standard InChI is InChI=1S/C8H14F3NO/c1-6(2,13)5-12-7(3-4-7)8(9,10)11/h12-13H,3-5H2,1-2H3. The van der Waals surface area contributed by atoms with Gasteiger partial charge in [0.25, 0.3) is 0 Å². The highest BCUT2D eigenvalue weighted by molar-refractivity contribution is 5.08. The van der Waals surface area contributed by atoms with Crippen LogP contribution < -0.4 is 5.32 Å².